The van der Waals surface area contributed by atoms with Gasteiger partial charge in [-0.3, -0.25) is 0 Å². The summed E-state index contributed by atoms with van der Waals surface area (Å²) in [6.07, 6.45) is 0. The van der Waals surface area contributed by atoms with Gasteiger partial charge in [0.25, 0.3) is 0 Å². The molecule has 0 atom stereocenters. The van der Waals surface area contributed by atoms with E-state index >= 15 is 0 Å². The summed E-state index contributed by atoms with van der Waals surface area (Å²) in [6.45, 7) is 6.67. The van der Waals surface area contributed by atoms with Crippen molar-refractivity contribution in [2.24, 2.45) is 0 Å². The van der Waals surface area contributed by atoms with E-state index in [0.29, 0.717) is 6.61 Å². The maximum Gasteiger partial charge on any atom is 0.145 e. The number of anilines is 2. The van der Waals surface area contributed by atoms with Crippen LogP contribution >= 0.6 is 11.3 Å². The Bertz CT molecular complexity index is 1150. The number of aromatic hydroxyl groups is 1. The highest BCUT2D eigenvalue weighted by Crippen LogP contribution is 2.43. The van der Waals surface area contributed by atoms with Crippen LogP contribution in [-0.2, 0) is 0 Å². The standard InChI is InChI=1S/C23H23N3O2S/c1-5-28-19-12-6-16(7-13-19)20-14(2)29-23-21(20)22(24-15(3)25-23)26(4)17-8-10-18(27)11-9-17/h6-13,27H,5H2,1-4H3. The van der Waals surface area contributed by atoms with Gasteiger partial charge in [0.05, 0.1) is 12.0 Å². The average molecular weight is 406 g/mol. The van der Waals surface area contributed by atoms with E-state index in [1.54, 1.807) is 23.5 Å². The highest BCUT2D eigenvalue weighted by molar-refractivity contribution is 7.19. The molecule has 148 valence electrons. The lowest BCUT2D eigenvalue weighted by atomic mass is 10.0. The van der Waals surface area contributed by atoms with Crippen molar-refractivity contribution in [2.75, 3.05) is 18.6 Å². The molecule has 2 aromatic heterocycles. The normalized spacial score (nSPS) is 11.0. The second-order valence-corrected chi connectivity index (χ2v) is 8.04. The third-order valence-corrected chi connectivity index (χ3v) is 5.83. The molecule has 0 unspecified atom stereocenters. The number of phenolic OH excluding ortho intramolecular Hbond substituents is 1. The monoisotopic (exact) mass is 405 g/mol. The summed E-state index contributed by atoms with van der Waals surface area (Å²) in [7, 11) is 1.99. The minimum Gasteiger partial charge on any atom is -0.508 e. The van der Waals surface area contributed by atoms with Crippen LogP contribution in [0.3, 0.4) is 0 Å². The molecule has 1 N–H and O–H groups in total. The molecule has 0 aliphatic heterocycles. The van der Waals surface area contributed by atoms with Crippen LogP contribution in [0.15, 0.2) is 48.5 Å². The lowest BCUT2D eigenvalue weighted by molar-refractivity contribution is 0.340. The fourth-order valence-corrected chi connectivity index (χ4v) is 4.56. The SMILES string of the molecule is CCOc1ccc(-c2c(C)sc3nc(C)nc(N(C)c4ccc(O)cc4)c23)cc1. The lowest BCUT2D eigenvalue weighted by Crippen LogP contribution is -2.12. The molecular formula is C23H23N3O2S. The first-order valence-corrected chi connectivity index (χ1v) is 10.3. The first-order chi connectivity index (χ1) is 14.0. The smallest absolute Gasteiger partial charge is 0.145 e. The molecule has 5 nitrogen and oxygen atoms in total. The molecule has 0 saturated carbocycles. The number of nitrogens with zero attached hydrogens (tertiary/aromatic N) is 3. The van der Waals surface area contributed by atoms with Crippen molar-refractivity contribution < 1.29 is 9.84 Å². The van der Waals surface area contributed by atoms with E-state index in [1.807, 2.05) is 50.1 Å². The number of thiophene rings is 1. The molecule has 0 aliphatic rings. The van der Waals surface area contributed by atoms with Gasteiger partial charge in [-0.05, 0) is 62.7 Å². The maximum absolute atomic E-state index is 9.63. The summed E-state index contributed by atoms with van der Waals surface area (Å²) in [5.74, 6) is 2.69. The zero-order chi connectivity index (χ0) is 20.5. The van der Waals surface area contributed by atoms with Crippen molar-refractivity contribution in [3.63, 3.8) is 0 Å². The molecule has 6 heteroatoms. The molecule has 4 rings (SSSR count). The van der Waals surface area contributed by atoms with Crippen LogP contribution in [0.2, 0.25) is 0 Å². The first-order valence-electron chi connectivity index (χ1n) is 9.51. The predicted molar refractivity (Wildman–Crippen MR) is 120 cm³/mol. The summed E-state index contributed by atoms with van der Waals surface area (Å²) in [6, 6.07) is 15.3. The Morgan fingerprint density at radius 3 is 2.34 bits per heavy atom. The Balaban J connectivity index is 1.90. The Morgan fingerprint density at radius 2 is 1.69 bits per heavy atom. The summed E-state index contributed by atoms with van der Waals surface area (Å²) in [5, 5.41) is 10.7. The molecular weight excluding hydrogens is 382 g/mol. The molecule has 0 saturated heterocycles. The van der Waals surface area contributed by atoms with Gasteiger partial charge in [-0.15, -0.1) is 11.3 Å². The van der Waals surface area contributed by atoms with Crippen LogP contribution in [0.1, 0.15) is 17.6 Å². The summed E-state index contributed by atoms with van der Waals surface area (Å²) >= 11 is 1.68. The van der Waals surface area contributed by atoms with Gasteiger partial charge in [0.15, 0.2) is 0 Å². The largest absolute Gasteiger partial charge is 0.508 e. The van der Waals surface area contributed by atoms with Crippen molar-refractivity contribution in [2.45, 2.75) is 20.8 Å². The van der Waals surface area contributed by atoms with E-state index in [4.69, 9.17) is 14.7 Å². The number of benzene rings is 2. The van der Waals surface area contributed by atoms with E-state index in [-0.39, 0.29) is 5.75 Å². The van der Waals surface area contributed by atoms with Gasteiger partial charge >= 0.3 is 0 Å². The average Bonchev–Trinajstić information content (AvgIpc) is 3.03. The van der Waals surface area contributed by atoms with Crippen molar-refractivity contribution in [3.05, 3.63) is 59.2 Å². The van der Waals surface area contributed by atoms with Crippen molar-refractivity contribution in [1.29, 1.82) is 0 Å². The van der Waals surface area contributed by atoms with Gasteiger partial charge < -0.3 is 14.7 Å². The number of hydrogen-bond acceptors (Lipinski definition) is 6. The van der Waals surface area contributed by atoms with Gasteiger partial charge in [0, 0.05) is 23.2 Å². The van der Waals surface area contributed by atoms with Gasteiger partial charge in [0.2, 0.25) is 0 Å². The number of ether oxygens (including phenoxy) is 1. The second-order valence-electron chi connectivity index (χ2n) is 6.84. The number of aryl methyl sites for hydroxylation is 2. The molecule has 0 amide bonds. The quantitative estimate of drug-likeness (QED) is 0.451. The highest BCUT2D eigenvalue weighted by atomic mass is 32.1. The number of aromatic nitrogens is 2. The number of phenols is 1. The van der Waals surface area contributed by atoms with E-state index in [1.165, 1.54) is 4.88 Å². The topological polar surface area (TPSA) is 58.5 Å². The molecule has 0 radical (unpaired) electrons. The third kappa shape index (κ3) is 3.63. The van der Waals surface area contributed by atoms with Crippen molar-refractivity contribution >= 4 is 33.1 Å². The van der Waals surface area contributed by atoms with Gasteiger partial charge in [0.1, 0.15) is 28.0 Å². The fraction of sp³-hybridized carbons (Fsp3) is 0.217. The second kappa shape index (κ2) is 7.72. The molecule has 0 bridgehead atoms. The fourth-order valence-electron chi connectivity index (χ4n) is 3.47. The van der Waals surface area contributed by atoms with Crippen LogP contribution in [0.5, 0.6) is 11.5 Å². The third-order valence-electron chi connectivity index (χ3n) is 4.83. The Hall–Kier alpha value is -3.12. The lowest BCUT2D eigenvalue weighted by Gasteiger charge is -2.20. The first kappa shape index (κ1) is 19.2. The molecule has 0 spiro atoms. The molecule has 4 aromatic rings. The van der Waals surface area contributed by atoms with Crippen molar-refractivity contribution in [1.82, 2.24) is 9.97 Å². The summed E-state index contributed by atoms with van der Waals surface area (Å²) in [5.41, 5.74) is 3.21. The number of fused-ring (bicyclic) bond motifs is 1. The minimum absolute atomic E-state index is 0.243. The highest BCUT2D eigenvalue weighted by Gasteiger charge is 2.20. The van der Waals surface area contributed by atoms with Gasteiger partial charge in [-0.1, -0.05) is 12.1 Å². The molecule has 2 heterocycles. The van der Waals surface area contributed by atoms with Crippen LogP contribution in [-0.4, -0.2) is 28.7 Å². The summed E-state index contributed by atoms with van der Waals surface area (Å²) < 4.78 is 5.59. The van der Waals surface area contributed by atoms with E-state index in [0.717, 1.165) is 44.4 Å². The molecule has 2 aromatic carbocycles. The van der Waals surface area contributed by atoms with Crippen LogP contribution in [0.25, 0.3) is 21.3 Å². The van der Waals surface area contributed by atoms with Crippen molar-refractivity contribution in [3.8, 4) is 22.6 Å². The summed E-state index contributed by atoms with van der Waals surface area (Å²) in [4.78, 5) is 13.7. The molecule has 29 heavy (non-hydrogen) atoms. The van der Waals surface area contributed by atoms with E-state index in [2.05, 4.69) is 19.1 Å². The Morgan fingerprint density at radius 1 is 1.00 bits per heavy atom. The molecule has 0 aliphatic carbocycles. The van der Waals surface area contributed by atoms with Gasteiger partial charge in [-0.25, -0.2) is 9.97 Å². The minimum atomic E-state index is 0.243. The van der Waals surface area contributed by atoms with Crippen LogP contribution in [0.4, 0.5) is 11.5 Å². The number of hydrogen-bond donors (Lipinski definition) is 1. The van der Waals surface area contributed by atoms with E-state index in [9.17, 15) is 5.11 Å². The van der Waals surface area contributed by atoms with Crippen LogP contribution < -0.4 is 9.64 Å². The van der Waals surface area contributed by atoms with Gasteiger partial charge in [-0.2, -0.15) is 0 Å². The molecule has 0 fully saturated rings. The van der Waals surface area contributed by atoms with Crippen LogP contribution in [0, 0.1) is 13.8 Å². The maximum atomic E-state index is 9.63. The Labute approximate surface area is 174 Å². The zero-order valence-corrected chi connectivity index (χ0v) is 17.7. The predicted octanol–water partition coefficient (Wildman–Crippen LogP) is 5.85. The number of rotatable bonds is 5. The van der Waals surface area contributed by atoms with E-state index < -0.39 is 0 Å². The Kier molecular flexibility index (Phi) is 5.11. The zero-order valence-electron chi connectivity index (χ0n) is 16.9.